The molecule has 0 saturated carbocycles. The smallest absolute Gasteiger partial charge is 0.224 e. The van der Waals surface area contributed by atoms with Gasteiger partial charge in [-0.05, 0) is 31.0 Å². The molecule has 0 unspecified atom stereocenters. The predicted octanol–water partition coefficient (Wildman–Crippen LogP) is 2.68. The number of ether oxygens (including phenoxy) is 1. The van der Waals surface area contributed by atoms with Crippen molar-refractivity contribution in [2.45, 2.75) is 39.0 Å². The Balaban J connectivity index is 2.47. The number of carbonyl (C=O) groups excluding carboxylic acids is 1. The molecule has 3 N–H and O–H groups in total. The summed E-state index contributed by atoms with van der Waals surface area (Å²) in [5.74, 6) is 0.0236. The summed E-state index contributed by atoms with van der Waals surface area (Å²) in [6, 6.07) is 7.88. The third-order valence-electron chi connectivity index (χ3n) is 3.36. The van der Waals surface area contributed by atoms with Gasteiger partial charge in [-0.1, -0.05) is 26.0 Å². The van der Waals surface area contributed by atoms with Crippen molar-refractivity contribution in [1.29, 1.82) is 0 Å². The summed E-state index contributed by atoms with van der Waals surface area (Å²) < 4.78 is 5.21. The Morgan fingerprint density at radius 3 is 2.50 bits per heavy atom. The second kappa shape index (κ2) is 8.02. The second-order valence-electron chi connectivity index (χ2n) is 5.51. The highest BCUT2D eigenvalue weighted by Crippen LogP contribution is 2.23. The number of hydrogen-bond acceptors (Lipinski definition) is 3. The zero-order valence-electron chi connectivity index (χ0n) is 12.7. The van der Waals surface area contributed by atoms with E-state index in [1.54, 1.807) is 0 Å². The zero-order chi connectivity index (χ0) is 15.0. The van der Waals surface area contributed by atoms with E-state index in [9.17, 15) is 4.79 Å². The number of rotatable bonds is 8. The van der Waals surface area contributed by atoms with E-state index in [-0.39, 0.29) is 11.3 Å². The van der Waals surface area contributed by atoms with Crippen molar-refractivity contribution < 1.29 is 9.53 Å². The number of hydrogen-bond donors (Lipinski definition) is 2. The van der Waals surface area contributed by atoms with Crippen LogP contribution in [0.3, 0.4) is 0 Å². The van der Waals surface area contributed by atoms with E-state index in [0.29, 0.717) is 26.2 Å². The maximum absolute atomic E-state index is 11.7. The number of carbonyl (C=O) groups is 1. The molecule has 1 aromatic rings. The molecule has 4 nitrogen and oxygen atoms in total. The molecule has 0 saturated heterocycles. The Labute approximate surface area is 121 Å². The van der Waals surface area contributed by atoms with E-state index in [0.717, 1.165) is 12.1 Å². The maximum Gasteiger partial charge on any atom is 0.224 e. The minimum absolute atomic E-state index is 0.0236. The lowest BCUT2D eigenvalue weighted by atomic mass is 9.85. The second-order valence-corrected chi connectivity index (χ2v) is 5.51. The van der Waals surface area contributed by atoms with Gasteiger partial charge in [-0.3, -0.25) is 4.79 Å². The monoisotopic (exact) mass is 278 g/mol. The van der Waals surface area contributed by atoms with Gasteiger partial charge in [-0.2, -0.15) is 0 Å². The van der Waals surface area contributed by atoms with Crippen molar-refractivity contribution in [2.24, 2.45) is 5.73 Å². The van der Waals surface area contributed by atoms with Crippen LogP contribution in [-0.4, -0.2) is 25.7 Å². The number of nitrogens with one attached hydrogen (secondary N) is 1. The zero-order valence-corrected chi connectivity index (χ0v) is 12.7. The maximum atomic E-state index is 11.7. The van der Waals surface area contributed by atoms with Crippen LogP contribution >= 0.6 is 0 Å². The molecule has 0 fully saturated rings. The quantitative estimate of drug-likeness (QED) is 0.719. The summed E-state index contributed by atoms with van der Waals surface area (Å²) in [5, 5.41) is 2.89. The number of nitrogens with two attached hydrogens (primary N) is 1. The molecule has 0 atom stereocenters. The van der Waals surface area contributed by atoms with Gasteiger partial charge in [0.05, 0.1) is 0 Å². The Kier molecular flexibility index (Phi) is 6.68. The summed E-state index contributed by atoms with van der Waals surface area (Å²) in [7, 11) is 0. The normalized spacial score (nSPS) is 11.4. The van der Waals surface area contributed by atoms with Gasteiger partial charge < -0.3 is 15.8 Å². The van der Waals surface area contributed by atoms with Crippen LogP contribution in [0.1, 0.15) is 39.2 Å². The van der Waals surface area contributed by atoms with Gasteiger partial charge in [0.2, 0.25) is 5.91 Å². The Hall–Kier alpha value is -1.39. The molecule has 1 aromatic carbocycles. The lowest BCUT2D eigenvalue weighted by Gasteiger charge is -2.23. The summed E-state index contributed by atoms with van der Waals surface area (Å²) in [4.78, 5) is 11.7. The standard InChI is InChI=1S/C16H26N2O2/c1-4-20-11-5-6-15(19)18-14-9-7-13(8-10-14)16(2,3)12-17/h7-10H,4-6,11-12,17H2,1-3H3,(H,18,19). The number of benzene rings is 1. The molecule has 0 aliphatic heterocycles. The Bertz CT molecular complexity index is 413. The van der Waals surface area contributed by atoms with Crippen LogP contribution in [0, 0.1) is 0 Å². The van der Waals surface area contributed by atoms with Crippen molar-refractivity contribution in [3.8, 4) is 0 Å². The Morgan fingerprint density at radius 1 is 1.30 bits per heavy atom. The highest BCUT2D eigenvalue weighted by molar-refractivity contribution is 5.90. The molecule has 1 amide bonds. The molecule has 112 valence electrons. The lowest BCUT2D eigenvalue weighted by molar-refractivity contribution is -0.116. The molecule has 0 spiro atoms. The first-order chi connectivity index (χ1) is 9.49. The molecule has 0 heterocycles. The summed E-state index contributed by atoms with van der Waals surface area (Å²) in [5.41, 5.74) is 7.71. The molecule has 4 heteroatoms. The van der Waals surface area contributed by atoms with Gasteiger partial charge in [0.1, 0.15) is 0 Å². The van der Waals surface area contributed by atoms with E-state index in [4.69, 9.17) is 10.5 Å². The van der Waals surface area contributed by atoms with Crippen LogP contribution in [-0.2, 0) is 14.9 Å². The molecule has 0 aliphatic rings. The first-order valence-electron chi connectivity index (χ1n) is 7.18. The number of anilines is 1. The fourth-order valence-corrected chi connectivity index (χ4v) is 1.83. The van der Waals surface area contributed by atoms with Gasteiger partial charge in [-0.25, -0.2) is 0 Å². The van der Waals surface area contributed by atoms with Crippen LogP contribution in [0.4, 0.5) is 5.69 Å². The molecule has 0 aliphatic carbocycles. The molecule has 0 radical (unpaired) electrons. The van der Waals surface area contributed by atoms with Crippen LogP contribution in [0.2, 0.25) is 0 Å². The van der Waals surface area contributed by atoms with Crippen LogP contribution < -0.4 is 11.1 Å². The predicted molar refractivity (Wildman–Crippen MR) is 82.9 cm³/mol. The van der Waals surface area contributed by atoms with Gasteiger partial charge in [0, 0.05) is 37.3 Å². The van der Waals surface area contributed by atoms with Gasteiger partial charge in [0.15, 0.2) is 0 Å². The van der Waals surface area contributed by atoms with Gasteiger partial charge in [0.25, 0.3) is 0 Å². The van der Waals surface area contributed by atoms with E-state index in [1.165, 1.54) is 5.56 Å². The van der Waals surface area contributed by atoms with E-state index in [2.05, 4.69) is 19.2 Å². The SMILES string of the molecule is CCOCCCC(=O)Nc1ccc(C(C)(C)CN)cc1. The largest absolute Gasteiger partial charge is 0.382 e. The third kappa shape index (κ3) is 5.31. The molecular weight excluding hydrogens is 252 g/mol. The van der Waals surface area contributed by atoms with Gasteiger partial charge >= 0.3 is 0 Å². The first-order valence-corrected chi connectivity index (χ1v) is 7.18. The molecule has 0 bridgehead atoms. The van der Waals surface area contributed by atoms with E-state index >= 15 is 0 Å². The summed E-state index contributed by atoms with van der Waals surface area (Å²) in [6.45, 7) is 8.08. The molecular formula is C16H26N2O2. The topological polar surface area (TPSA) is 64.3 Å². The van der Waals surface area contributed by atoms with Crippen molar-refractivity contribution >= 4 is 11.6 Å². The lowest BCUT2D eigenvalue weighted by Crippen LogP contribution is -2.27. The minimum Gasteiger partial charge on any atom is -0.382 e. The minimum atomic E-state index is -0.0416. The fourth-order valence-electron chi connectivity index (χ4n) is 1.83. The van der Waals surface area contributed by atoms with Crippen molar-refractivity contribution in [2.75, 3.05) is 25.1 Å². The Morgan fingerprint density at radius 2 is 1.95 bits per heavy atom. The summed E-state index contributed by atoms with van der Waals surface area (Å²) >= 11 is 0. The molecule has 1 rings (SSSR count). The van der Waals surface area contributed by atoms with Crippen molar-refractivity contribution in [1.82, 2.24) is 0 Å². The molecule has 0 aromatic heterocycles. The van der Waals surface area contributed by atoms with Gasteiger partial charge in [-0.15, -0.1) is 0 Å². The molecule has 20 heavy (non-hydrogen) atoms. The van der Waals surface area contributed by atoms with Crippen molar-refractivity contribution in [3.05, 3.63) is 29.8 Å². The van der Waals surface area contributed by atoms with Crippen LogP contribution in [0.25, 0.3) is 0 Å². The fraction of sp³-hybridized carbons (Fsp3) is 0.562. The van der Waals surface area contributed by atoms with Crippen molar-refractivity contribution in [3.63, 3.8) is 0 Å². The summed E-state index contributed by atoms with van der Waals surface area (Å²) in [6.07, 6.45) is 1.23. The highest BCUT2D eigenvalue weighted by atomic mass is 16.5. The third-order valence-corrected chi connectivity index (χ3v) is 3.36. The van der Waals surface area contributed by atoms with Crippen LogP contribution in [0.5, 0.6) is 0 Å². The van der Waals surface area contributed by atoms with E-state index < -0.39 is 0 Å². The average molecular weight is 278 g/mol. The van der Waals surface area contributed by atoms with Crippen LogP contribution in [0.15, 0.2) is 24.3 Å². The average Bonchev–Trinajstić information content (AvgIpc) is 2.44. The number of amides is 1. The van der Waals surface area contributed by atoms with E-state index in [1.807, 2.05) is 31.2 Å². The highest BCUT2D eigenvalue weighted by Gasteiger charge is 2.17. The first kappa shape index (κ1) is 16.7.